The second-order valence-corrected chi connectivity index (χ2v) is 8.97. The minimum absolute atomic E-state index is 0.177. The largest absolute Gasteiger partial charge is 0.337 e. The summed E-state index contributed by atoms with van der Waals surface area (Å²) in [5, 5.41) is 0. The van der Waals surface area contributed by atoms with Crippen LogP contribution in [0.1, 0.15) is 72.6 Å². The molecule has 27 heavy (non-hydrogen) atoms. The van der Waals surface area contributed by atoms with Gasteiger partial charge in [-0.2, -0.15) is 0 Å². The van der Waals surface area contributed by atoms with Crippen LogP contribution < -0.4 is 0 Å². The molecular weight excluding hydrogens is 408 g/mol. The molecule has 3 amide bonds. The monoisotopic (exact) mass is 432 g/mol. The van der Waals surface area contributed by atoms with Crippen molar-refractivity contribution in [1.82, 2.24) is 9.80 Å². The molecule has 3 aliphatic rings. The Hall–Kier alpha value is -1.69. The number of likely N-dealkylation sites (tertiary alicyclic amines) is 1. The average Bonchev–Trinajstić information content (AvgIpc) is 3.10. The first-order valence-corrected chi connectivity index (χ1v) is 10.7. The van der Waals surface area contributed by atoms with Gasteiger partial charge in [0.15, 0.2) is 0 Å². The summed E-state index contributed by atoms with van der Waals surface area (Å²) in [5.74, 6) is 0.325. The molecule has 144 valence electrons. The molecule has 0 N–H and O–H groups in total. The fourth-order valence-electron chi connectivity index (χ4n) is 5.12. The van der Waals surface area contributed by atoms with E-state index in [0.29, 0.717) is 48.5 Å². The number of carbonyl (C=O) groups excluding carboxylic acids is 3. The van der Waals surface area contributed by atoms with Gasteiger partial charge in [-0.05, 0) is 56.7 Å². The van der Waals surface area contributed by atoms with Gasteiger partial charge in [0, 0.05) is 29.5 Å². The predicted octanol–water partition coefficient (Wildman–Crippen LogP) is 4.00. The van der Waals surface area contributed by atoms with Gasteiger partial charge in [0.1, 0.15) is 0 Å². The third-order valence-electron chi connectivity index (χ3n) is 6.34. The van der Waals surface area contributed by atoms with Crippen LogP contribution in [0.2, 0.25) is 0 Å². The second kappa shape index (κ2) is 7.38. The van der Waals surface area contributed by atoms with E-state index in [1.165, 1.54) is 24.2 Å². The highest BCUT2D eigenvalue weighted by molar-refractivity contribution is 9.10. The Bertz CT molecular complexity index is 794. The topological polar surface area (TPSA) is 57.7 Å². The minimum Gasteiger partial charge on any atom is -0.337 e. The maximum Gasteiger partial charge on any atom is 0.261 e. The maximum absolute atomic E-state index is 12.8. The van der Waals surface area contributed by atoms with Crippen molar-refractivity contribution in [2.45, 2.75) is 64.0 Å². The molecule has 5 nitrogen and oxygen atoms in total. The number of carbonyl (C=O) groups is 3. The van der Waals surface area contributed by atoms with Crippen molar-refractivity contribution in [3.63, 3.8) is 0 Å². The molecule has 1 aromatic carbocycles. The van der Waals surface area contributed by atoms with Crippen molar-refractivity contribution in [3.8, 4) is 0 Å². The van der Waals surface area contributed by atoms with Gasteiger partial charge in [-0.3, -0.25) is 19.3 Å². The molecule has 0 aromatic heterocycles. The van der Waals surface area contributed by atoms with Gasteiger partial charge in [-0.25, -0.2) is 0 Å². The summed E-state index contributed by atoms with van der Waals surface area (Å²) in [4.78, 5) is 41.2. The molecule has 2 aliphatic heterocycles. The smallest absolute Gasteiger partial charge is 0.261 e. The standard InChI is InChI=1S/C21H25BrN2O3/c1-13-11-14-5-2-3-6-18(14)24(13)19(25)7-4-10-23-20(26)16-9-8-15(22)12-17(16)21(23)27/h8-9,12-14,18H,2-7,10-11H2,1H3. The first-order chi connectivity index (χ1) is 13.0. The summed E-state index contributed by atoms with van der Waals surface area (Å²) in [6, 6.07) is 5.85. The Balaban J connectivity index is 1.36. The molecule has 4 rings (SSSR count). The SMILES string of the molecule is CC1CC2CCCCC2N1C(=O)CCCN1C(=O)c2ccc(Br)cc2C1=O. The van der Waals surface area contributed by atoms with Crippen molar-refractivity contribution >= 4 is 33.7 Å². The van der Waals surface area contributed by atoms with E-state index in [0.717, 1.165) is 17.3 Å². The van der Waals surface area contributed by atoms with Crippen molar-refractivity contribution in [2.24, 2.45) is 5.92 Å². The van der Waals surface area contributed by atoms with E-state index in [-0.39, 0.29) is 17.7 Å². The lowest BCUT2D eigenvalue weighted by molar-refractivity contribution is -0.134. The van der Waals surface area contributed by atoms with E-state index in [2.05, 4.69) is 27.8 Å². The lowest BCUT2D eigenvalue weighted by Crippen LogP contribution is -2.42. The van der Waals surface area contributed by atoms with Crippen LogP contribution in [0.4, 0.5) is 0 Å². The van der Waals surface area contributed by atoms with Gasteiger partial charge in [0.25, 0.3) is 11.8 Å². The van der Waals surface area contributed by atoms with Crippen molar-refractivity contribution in [2.75, 3.05) is 6.54 Å². The fourth-order valence-corrected chi connectivity index (χ4v) is 5.48. The van der Waals surface area contributed by atoms with E-state index in [4.69, 9.17) is 0 Å². The van der Waals surface area contributed by atoms with Gasteiger partial charge < -0.3 is 4.90 Å². The number of benzene rings is 1. The Morgan fingerprint density at radius 3 is 2.70 bits per heavy atom. The number of amides is 3. The number of hydrogen-bond acceptors (Lipinski definition) is 3. The Kier molecular flexibility index (Phi) is 5.10. The average molecular weight is 433 g/mol. The molecule has 0 bridgehead atoms. The highest BCUT2D eigenvalue weighted by Gasteiger charge is 2.42. The summed E-state index contributed by atoms with van der Waals surface area (Å²) < 4.78 is 0.782. The number of fused-ring (bicyclic) bond motifs is 2. The molecule has 3 atom stereocenters. The van der Waals surface area contributed by atoms with E-state index < -0.39 is 0 Å². The predicted molar refractivity (Wildman–Crippen MR) is 105 cm³/mol. The number of hydrogen-bond donors (Lipinski definition) is 0. The van der Waals surface area contributed by atoms with Crippen LogP contribution >= 0.6 is 15.9 Å². The van der Waals surface area contributed by atoms with Crippen LogP contribution in [0.25, 0.3) is 0 Å². The first-order valence-electron chi connectivity index (χ1n) is 9.94. The number of imide groups is 1. The Morgan fingerprint density at radius 2 is 1.89 bits per heavy atom. The molecule has 1 aliphatic carbocycles. The van der Waals surface area contributed by atoms with Gasteiger partial charge in [0.05, 0.1) is 11.1 Å². The normalized spacial score (nSPS) is 27.1. The van der Waals surface area contributed by atoms with E-state index in [1.807, 2.05) is 0 Å². The van der Waals surface area contributed by atoms with Crippen molar-refractivity contribution in [1.29, 1.82) is 0 Å². The van der Waals surface area contributed by atoms with Crippen molar-refractivity contribution < 1.29 is 14.4 Å². The molecule has 0 radical (unpaired) electrons. The fraction of sp³-hybridized carbons (Fsp3) is 0.571. The van der Waals surface area contributed by atoms with Crippen LogP contribution in [0.3, 0.4) is 0 Å². The van der Waals surface area contributed by atoms with Crippen LogP contribution in [-0.4, -0.2) is 46.1 Å². The Morgan fingerprint density at radius 1 is 1.15 bits per heavy atom. The lowest BCUT2D eigenvalue weighted by Gasteiger charge is -2.33. The summed E-state index contributed by atoms with van der Waals surface area (Å²) in [5.41, 5.74) is 0.895. The summed E-state index contributed by atoms with van der Waals surface area (Å²) in [6.07, 6.45) is 6.88. The molecule has 1 aromatic rings. The zero-order valence-corrected chi connectivity index (χ0v) is 17.2. The molecule has 2 heterocycles. The minimum atomic E-state index is -0.259. The lowest BCUT2D eigenvalue weighted by atomic mass is 9.85. The zero-order valence-electron chi connectivity index (χ0n) is 15.6. The van der Waals surface area contributed by atoms with Gasteiger partial charge in [0.2, 0.25) is 5.91 Å². The molecule has 0 spiro atoms. The van der Waals surface area contributed by atoms with Gasteiger partial charge in [-0.15, -0.1) is 0 Å². The van der Waals surface area contributed by atoms with Gasteiger partial charge >= 0.3 is 0 Å². The number of nitrogens with zero attached hydrogens (tertiary/aromatic N) is 2. The van der Waals surface area contributed by atoms with E-state index in [1.54, 1.807) is 18.2 Å². The van der Waals surface area contributed by atoms with Crippen LogP contribution in [-0.2, 0) is 4.79 Å². The molecule has 2 fully saturated rings. The maximum atomic E-state index is 12.8. The van der Waals surface area contributed by atoms with Gasteiger partial charge in [-0.1, -0.05) is 28.8 Å². The van der Waals surface area contributed by atoms with Crippen LogP contribution in [0.5, 0.6) is 0 Å². The quantitative estimate of drug-likeness (QED) is 0.675. The molecular formula is C21H25BrN2O3. The van der Waals surface area contributed by atoms with E-state index in [9.17, 15) is 14.4 Å². The van der Waals surface area contributed by atoms with Crippen LogP contribution in [0.15, 0.2) is 22.7 Å². The second-order valence-electron chi connectivity index (χ2n) is 8.05. The highest BCUT2D eigenvalue weighted by atomic mass is 79.9. The van der Waals surface area contributed by atoms with Crippen LogP contribution in [0, 0.1) is 5.92 Å². The summed E-state index contributed by atoms with van der Waals surface area (Å²) >= 11 is 3.34. The molecule has 1 saturated heterocycles. The molecule has 3 unspecified atom stereocenters. The van der Waals surface area contributed by atoms with Crippen molar-refractivity contribution in [3.05, 3.63) is 33.8 Å². The summed E-state index contributed by atoms with van der Waals surface area (Å²) in [6.45, 7) is 2.45. The number of rotatable bonds is 4. The number of halogens is 1. The highest BCUT2D eigenvalue weighted by Crippen LogP contribution is 2.40. The molecule has 1 saturated carbocycles. The first kappa shape index (κ1) is 18.7. The third kappa shape index (κ3) is 3.33. The molecule has 6 heteroatoms. The zero-order chi connectivity index (χ0) is 19.1. The van der Waals surface area contributed by atoms with E-state index >= 15 is 0 Å². The third-order valence-corrected chi connectivity index (χ3v) is 6.83. The summed E-state index contributed by atoms with van der Waals surface area (Å²) in [7, 11) is 0. The Labute approximate surface area is 168 Å².